The molecule has 0 aromatic carbocycles. The highest BCUT2D eigenvalue weighted by Gasteiger charge is 2.38. The molecule has 0 amide bonds. The number of Topliss-reactive ketones (excluding diaryl/α,β-unsaturated/α-hetero) is 2. The summed E-state index contributed by atoms with van der Waals surface area (Å²) in [5, 5.41) is 0. The van der Waals surface area contributed by atoms with Gasteiger partial charge in [0.2, 0.25) is 5.78 Å². The van der Waals surface area contributed by atoms with Crippen molar-refractivity contribution in [2.75, 3.05) is 0 Å². The molecule has 0 rings (SSSR count). The van der Waals surface area contributed by atoms with Gasteiger partial charge in [-0.3, -0.25) is 9.59 Å². The molecular weight excluding hydrogens is 173 g/mol. The first-order valence-corrected chi connectivity index (χ1v) is 2.43. The predicted octanol–water partition coefficient (Wildman–Crippen LogP) is 0.716. The summed E-state index contributed by atoms with van der Waals surface area (Å²) in [6.45, 7) is 0.934. The lowest BCUT2D eigenvalue weighted by Crippen LogP contribution is -2.24. The zero-order valence-corrected chi connectivity index (χ0v) is 7.28. The van der Waals surface area contributed by atoms with Crippen LogP contribution >= 0.6 is 0 Å². The smallest absolute Gasteiger partial charge is 0.300 e. The standard InChI is InChI=1S/C5H5F3O2.Mg/c1-3(9)2-4(10)5(6,7)8;/h2H2,1H3;. The Labute approximate surface area is 77.3 Å². The number of halogens is 3. The molecule has 60 valence electrons. The van der Waals surface area contributed by atoms with Crippen LogP contribution in [0.2, 0.25) is 0 Å². The van der Waals surface area contributed by atoms with Crippen LogP contribution < -0.4 is 0 Å². The molecule has 6 heteroatoms. The predicted molar refractivity (Wildman–Crippen MR) is 32.1 cm³/mol. The first-order valence-electron chi connectivity index (χ1n) is 2.43. The summed E-state index contributed by atoms with van der Waals surface area (Å²) in [6.07, 6.45) is -5.92. The lowest BCUT2D eigenvalue weighted by molar-refractivity contribution is -0.171. The average Bonchev–Trinajstić information content (AvgIpc) is 1.60. The molecule has 11 heavy (non-hydrogen) atoms. The summed E-state index contributed by atoms with van der Waals surface area (Å²) >= 11 is 0. The van der Waals surface area contributed by atoms with Gasteiger partial charge in [0.1, 0.15) is 5.78 Å². The van der Waals surface area contributed by atoms with Gasteiger partial charge in [-0.25, -0.2) is 0 Å². The Balaban J connectivity index is 0. The van der Waals surface area contributed by atoms with Crippen LogP contribution in [0.1, 0.15) is 13.3 Å². The normalized spacial score (nSPS) is 10.2. The van der Waals surface area contributed by atoms with Gasteiger partial charge in [-0.05, 0) is 6.92 Å². The number of rotatable bonds is 2. The second-order valence-electron chi connectivity index (χ2n) is 1.80. The molecule has 0 spiro atoms. The van der Waals surface area contributed by atoms with E-state index < -0.39 is 24.2 Å². The lowest BCUT2D eigenvalue weighted by Gasteiger charge is -2.00. The van der Waals surface area contributed by atoms with Crippen molar-refractivity contribution in [1.29, 1.82) is 0 Å². The van der Waals surface area contributed by atoms with Crippen LogP contribution in [-0.4, -0.2) is 40.8 Å². The van der Waals surface area contributed by atoms with Crippen molar-refractivity contribution in [3.05, 3.63) is 0 Å². The van der Waals surface area contributed by atoms with Gasteiger partial charge in [-0.2, -0.15) is 13.2 Å². The van der Waals surface area contributed by atoms with E-state index in [2.05, 4.69) is 0 Å². The molecule has 0 heterocycles. The molecule has 0 saturated carbocycles. The van der Waals surface area contributed by atoms with Crippen molar-refractivity contribution in [2.45, 2.75) is 19.5 Å². The van der Waals surface area contributed by atoms with E-state index in [1.54, 1.807) is 0 Å². The van der Waals surface area contributed by atoms with E-state index in [0.29, 0.717) is 0 Å². The zero-order chi connectivity index (χ0) is 8.36. The number of ketones is 2. The van der Waals surface area contributed by atoms with Crippen LogP contribution in [0.5, 0.6) is 0 Å². The number of hydrogen-bond donors (Lipinski definition) is 0. The van der Waals surface area contributed by atoms with Crippen LogP contribution in [0.25, 0.3) is 0 Å². The average molecular weight is 178 g/mol. The Morgan fingerprint density at radius 2 is 1.64 bits per heavy atom. The van der Waals surface area contributed by atoms with Crippen molar-refractivity contribution in [2.24, 2.45) is 0 Å². The molecule has 2 radical (unpaired) electrons. The van der Waals surface area contributed by atoms with E-state index >= 15 is 0 Å². The zero-order valence-electron chi connectivity index (χ0n) is 5.86. The van der Waals surface area contributed by atoms with Gasteiger partial charge in [-0.15, -0.1) is 0 Å². The van der Waals surface area contributed by atoms with Crippen LogP contribution in [-0.2, 0) is 9.59 Å². The number of carbonyl (C=O) groups is 2. The summed E-state index contributed by atoms with van der Waals surface area (Å²) in [7, 11) is 0. The molecule has 0 aromatic heterocycles. The maximum Gasteiger partial charge on any atom is 0.450 e. The van der Waals surface area contributed by atoms with Gasteiger partial charge < -0.3 is 0 Å². The second-order valence-corrected chi connectivity index (χ2v) is 1.80. The van der Waals surface area contributed by atoms with Gasteiger partial charge in [0.15, 0.2) is 0 Å². The molecule has 0 N–H and O–H groups in total. The minimum Gasteiger partial charge on any atom is -0.300 e. The maximum atomic E-state index is 11.3. The monoisotopic (exact) mass is 178 g/mol. The van der Waals surface area contributed by atoms with Gasteiger partial charge in [0, 0.05) is 23.1 Å². The first kappa shape index (κ1) is 13.5. The minimum absolute atomic E-state index is 0. The Bertz CT molecular complexity index is 164. The highest BCUT2D eigenvalue weighted by Crippen LogP contribution is 2.17. The Hall–Kier alpha value is -0.104. The topological polar surface area (TPSA) is 34.1 Å². The summed E-state index contributed by atoms with van der Waals surface area (Å²) in [5.74, 6) is -2.76. The van der Waals surface area contributed by atoms with Crippen molar-refractivity contribution >= 4 is 34.6 Å². The fourth-order valence-electron chi connectivity index (χ4n) is 0.326. The molecule has 0 saturated heterocycles. The fourth-order valence-corrected chi connectivity index (χ4v) is 0.326. The number of alkyl halides is 3. The Morgan fingerprint density at radius 1 is 1.27 bits per heavy atom. The minimum atomic E-state index is -4.87. The van der Waals surface area contributed by atoms with E-state index in [1.165, 1.54) is 0 Å². The van der Waals surface area contributed by atoms with Crippen LogP contribution in [0.4, 0.5) is 13.2 Å². The van der Waals surface area contributed by atoms with Gasteiger partial charge in [-0.1, -0.05) is 0 Å². The van der Waals surface area contributed by atoms with Crippen LogP contribution in [0.3, 0.4) is 0 Å². The van der Waals surface area contributed by atoms with Crippen LogP contribution in [0.15, 0.2) is 0 Å². The molecule has 0 fully saturated rings. The van der Waals surface area contributed by atoms with E-state index in [0.717, 1.165) is 6.92 Å². The third kappa shape index (κ3) is 6.30. The molecular formula is C5H5F3MgO2. The molecule has 0 bridgehead atoms. The van der Waals surface area contributed by atoms with Gasteiger partial charge >= 0.3 is 6.18 Å². The summed E-state index contributed by atoms with van der Waals surface area (Å²) in [5.41, 5.74) is 0. The summed E-state index contributed by atoms with van der Waals surface area (Å²) in [6, 6.07) is 0. The van der Waals surface area contributed by atoms with Crippen molar-refractivity contribution in [1.82, 2.24) is 0 Å². The number of carbonyl (C=O) groups excluding carboxylic acids is 2. The second kappa shape index (κ2) is 4.71. The van der Waals surface area contributed by atoms with E-state index in [1.807, 2.05) is 0 Å². The van der Waals surface area contributed by atoms with Gasteiger partial charge in [0.05, 0.1) is 6.42 Å². The largest absolute Gasteiger partial charge is 0.450 e. The number of hydrogen-bond acceptors (Lipinski definition) is 2. The third-order valence-electron chi connectivity index (χ3n) is 0.726. The van der Waals surface area contributed by atoms with E-state index in [-0.39, 0.29) is 23.1 Å². The third-order valence-corrected chi connectivity index (χ3v) is 0.726. The van der Waals surface area contributed by atoms with Crippen molar-refractivity contribution < 1.29 is 22.8 Å². The molecule has 0 aromatic rings. The fraction of sp³-hybridized carbons (Fsp3) is 0.600. The lowest BCUT2D eigenvalue weighted by atomic mass is 10.2. The van der Waals surface area contributed by atoms with Gasteiger partial charge in [0.25, 0.3) is 0 Å². The van der Waals surface area contributed by atoms with E-state index in [9.17, 15) is 22.8 Å². The molecule has 2 nitrogen and oxygen atoms in total. The first-order chi connectivity index (χ1) is 4.34. The van der Waals surface area contributed by atoms with E-state index in [4.69, 9.17) is 0 Å². The summed E-state index contributed by atoms with van der Waals surface area (Å²) < 4.78 is 33.9. The maximum absolute atomic E-state index is 11.3. The quantitative estimate of drug-likeness (QED) is 0.461. The highest BCUT2D eigenvalue weighted by molar-refractivity contribution is 6.00. The molecule has 0 atom stereocenters. The summed E-state index contributed by atoms with van der Waals surface area (Å²) in [4.78, 5) is 19.9. The Morgan fingerprint density at radius 3 is 1.73 bits per heavy atom. The SMILES string of the molecule is CC(=O)CC(=O)C(F)(F)F.[Mg]. The Kier molecular flexibility index (Phi) is 5.77. The van der Waals surface area contributed by atoms with Crippen LogP contribution in [0, 0.1) is 0 Å². The molecule has 0 aliphatic carbocycles. The highest BCUT2D eigenvalue weighted by atomic mass is 24.3. The molecule has 0 aliphatic rings. The molecule has 0 aliphatic heterocycles. The van der Waals surface area contributed by atoms with Crippen molar-refractivity contribution in [3.8, 4) is 0 Å². The molecule has 0 unspecified atom stereocenters. The van der Waals surface area contributed by atoms with Crippen molar-refractivity contribution in [3.63, 3.8) is 0 Å².